The van der Waals surface area contributed by atoms with Crippen molar-refractivity contribution in [1.82, 2.24) is 0 Å². The van der Waals surface area contributed by atoms with Gasteiger partial charge in [-0.2, -0.15) is 0 Å². The first kappa shape index (κ1) is 18.4. The second-order valence-corrected chi connectivity index (χ2v) is 5.34. The Hall–Kier alpha value is -2.96. The van der Waals surface area contributed by atoms with Crippen LogP contribution in [0.3, 0.4) is 0 Å². The molecule has 0 heterocycles. The van der Waals surface area contributed by atoms with E-state index in [0.717, 1.165) is 17.7 Å². The lowest BCUT2D eigenvalue weighted by atomic mass is 10.1. The Morgan fingerprint density at radius 1 is 1.12 bits per heavy atom. The van der Waals surface area contributed by atoms with E-state index in [2.05, 4.69) is 5.32 Å². The first-order valence-corrected chi connectivity index (χ1v) is 7.44. The van der Waals surface area contributed by atoms with Crippen molar-refractivity contribution < 1.29 is 27.8 Å². The number of nitrogens with one attached hydrogen (secondary N) is 1. The predicted octanol–water partition coefficient (Wildman–Crippen LogP) is 3.47. The molecule has 0 fully saturated rings. The summed E-state index contributed by atoms with van der Waals surface area (Å²) in [6.07, 6.45) is -1.27. The van der Waals surface area contributed by atoms with E-state index in [4.69, 9.17) is 9.47 Å². The summed E-state index contributed by atoms with van der Waals surface area (Å²) < 4.78 is 37.3. The van der Waals surface area contributed by atoms with Gasteiger partial charge in [-0.25, -0.2) is 13.6 Å². The third-order valence-corrected chi connectivity index (χ3v) is 3.44. The van der Waals surface area contributed by atoms with Crippen LogP contribution in [0, 0.1) is 18.6 Å². The molecule has 0 saturated carbocycles. The van der Waals surface area contributed by atoms with Gasteiger partial charge in [0.25, 0.3) is 5.91 Å². The third kappa shape index (κ3) is 4.32. The lowest BCUT2D eigenvalue weighted by Gasteiger charge is -2.15. The quantitative estimate of drug-likeness (QED) is 0.840. The van der Waals surface area contributed by atoms with Crippen LogP contribution in [0.1, 0.15) is 22.8 Å². The monoisotopic (exact) mass is 349 g/mol. The number of esters is 1. The summed E-state index contributed by atoms with van der Waals surface area (Å²) >= 11 is 0. The molecule has 2 aromatic rings. The van der Waals surface area contributed by atoms with E-state index < -0.39 is 35.3 Å². The molecule has 132 valence electrons. The molecular formula is C18H17F2NO4. The van der Waals surface area contributed by atoms with Crippen LogP contribution in [0.5, 0.6) is 5.75 Å². The van der Waals surface area contributed by atoms with Crippen LogP contribution < -0.4 is 10.1 Å². The second-order valence-electron chi connectivity index (χ2n) is 5.34. The van der Waals surface area contributed by atoms with Crippen molar-refractivity contribution in [2.75, 3.05) is 12.4 Å². The molecule has 0 saturated heterocycles. The number of carbonyl (C=O) groups is 2. The summed E-state index contributed by atoms with van der Waals surface area (Å²) in [6, 6.07) is 8.11. The van der Waals surface area contributed by atoms with E-state index in [1.54, 1.807) is 25.1 Å². The molecule has 0 radical (unpaired) electrons. The van der Waals surface area contributed by atoms with Crippen molar-refractivity contribution in [2.45, 2.75) is 20.0 Å². The van der Waals surface area contributed by atoms with Crippen LogP contribution in [0.25, 0.3) is 0 Å². The number of amides is 1. The second kappa shape index (κ2) is 7.74. The molecule has 25 heavy (non-hydrogen) atoms. The van der Waals surface area contributed by atoms with Crippen molar-refractivity contribution >= 4 is 17.6 Å². The molecule has 7 heteroatoms. The highest BCUT2D eigenvalue weighted by molar-refractivity contribution is 5.98. The number of hydrogen-bond acceptors (Lipinski definition) is 4. The van der Waals surface area contributed by atoms with Crippen molar-refractivity contribution in [3.8, 4) is 5.75 Å². The van der Waals surface area contributed by atoms with Gasteiger partial charge in [-0.1, -0.05) is 17.7 Å². The Balaban J connectivity index is 2.11. The number of rotatable bonds is 5. The number of anilines is 1. The number of para-hydroxylation sites is 1. The topological polar surface area (TPSA) is 64.6 Å². The number of hydrogen-bond donors (Lipinski definition) is 1. The molecule has 2 rings (SSSR count). The Labute approximate surface area is 143 Å². The standard InChI is InChI=1S/C18H17F2NO4/c1-10-7-8-15(24-3)12(9-10)18(23)25-11(2)17(22)21-16-13(19)5-4-6-14(16)20/h4-9,11H,1-3H3,(H,21,22)/t11-/m1/s1. The molecule has 0 aliphatic rings. The molecule has 0 bridgehead atoms. The van der Waals surface area contributed by atoms with Gasteiger partial charge in [-0.05, 0) is 38.1 Å². The highest BCUT2D eigenvalue weighted by Crippen LogP contribution is 2.22. The number of methoxy groups -OCH3 is 1. The Kier molecular flexibility index (Phi) is 5.69. The molecule has 2 aromatic carbocycles. The Morgan fingerprint density at radius 2 is 1.76 bits per heavy atom. The molecule has 0 spiro atoms. The van der Waals surface area contributed by atoms with E-state index in [1.165, 1.54) is 20.1 Å². The van der Waals surface area contributed by atoms with Gasteiger partial charge in [0.15, 0.2) is 6.10 Å². The minimum absolute atomic E-state index is 0.152. The minimum Gasteiger partial charge on any atom is -0.496 e. The van der Waals surface area contributed by atoms with Crippen LogP contribution in [-0.2, 0) is 9.53 Å². The summed E-state index contributed by atoms with van der Waals surface area (Å²) in [5.41, 5.74) is 0.362. The minimum atomic E-state index is -1.27. The zero-order valence-electron chi connectivity index (χ0n) is 13.9. The van der Waals surface area contributed by atoms with Crippen LogP contribution in [0.15, 0.2) is 36.4 Å². The molecule has 1 amide bonds. The zero-order valence-corrected chi connectivity index (χ0v) is 13.9. The fourth-order valence-electron chi connectivity index (χ4n) is 2.10. The predicted molar refractivity (Wildman–Crippen MR) is 87.6 cm³/mol. The van der Waals surface area contributed by atoms with Crippen molar-refractivity contribution in [3.63, 3.8) is 0 Å². The van der Waals surface area contributed by atoms with Gasteiger partial charge in [-0.3, -0.25) is 4.79 Å². The summed E-state index contributed by atoms with van der Waals surface area (Å²) in [7, 11) is 1.40. The van der Waals surface area contributed by atoms with E-state index in [-0.39, 0.29) is 5.56 Å². The Bertz CT molecular complexity index is 787. The summed E-state index contributed by atoms with van der Waals surface area (Å²) in [6.45, 7) is 3.08. The average molecular weight is 349 g/mol. The molecule has 0 aliphatic carbocycles. The van der Waals surface area contributed by atoms with Gasteiger partial charge < -0.3 is 14.8 Å². The van der Waals surface area contributed by atoms with Gasteiger partial charge in [0, 0.05) is 0 Å². The Morgan fingerprint density at radius 3 is 2.36 bits per heavy atom. The van der Waals surface area contributed by atoms with E-state index in [1.807, 2.05) is 0 Å². The number of carbonyl (C=O) groups excluding carboxylic acids is 2. The largest absolute Gasteiger partial charge is 0.496 e. The number of aryl methyl sites for hydroxylation is 1. The summed E-state index contributed by atoms with van der Waals surface area (Å²) in [5, 5.41) is 2.08. The van der Waals surface area contributed by atoms with Gasteiger partial charge >= 0.3 is 5.97 Å². The highest BCUT2D eigenvalue weighted by Gasteiger charge is 2.23. The van der Waals surface area contributed by atoms with Gasteiger partial charge in [0.1, 0.15) is 28.6 Å². The maximum absolute atomic E-state index is 13.6. The fraction of sp³-hybridized carbons (Fsp3) is 0.222. The van der Waals surface area contributed by atoms with E-state index in [9.17, 15) is 18.4 Å². The van der Waals surface area contributed by atoms with Crippen LogP contribution in [0.2, 0.25) is 0 Å². The van der Waals surface area contributed by atoms with Crippen molar-refractivity contribution in [3.05, 3.63) is 59.2 Å². The van der Waals surface area contributed by atoms with Crippen molar-refractivity contribution in [1.29, 1.82) is 0 Å². The lowest BCUT2D eigenvalue weighted by molar-refractivity contribution is -0.123. The number of benzene rings is 2. The molecule has 1 N–H and O–H groups in total. The number of ether oxygens (including phenoxy) is 2. The van der Waals surface area contributed by atoms with Crippen LogP contribution in [0.4, 0.5) is 14.5 Å². The third-order valence-electron chi connectivity index (χ3n) is 3.44. The average Bonchev–Trinajstić information content (AvgIpc) is 2.57. The zero-order chi connectivity index (χ0) is 18.6. The van der Waals surface area contributed by atoms with Gasteiger partial charge in [0.05, 0.1) is 7.11 Å². The smallest absolute Gasteiger partial charge is 0.342 e. The lowest BCUT2D eigenvalue weighted by Crippen LogP contribution is -2.30. The molecule has 0 aliphatic heterocycles. The molecular weight excluding hydrogens is 332 g/mol. The van der Waals surface area contributed by atoms with E-state index >= 15 is 0 Å². The SMILES string of the molecule is COc1ccc(C)cc1C(=O)O[C@H](C)C(=O)Nc1c(F)cccc1F. The molecule has 0 unspecified atom stereocenters. The van der Waals surface area contributed by atoms with Gasteiger partial charge in [0.2, 0.25) is 0 Å². The normalized spacial score (nSPS) is 11.6. The van der Waals surface area contributed by atoms with Crippen LogP contribution in [-0.4, -0.2) is 25.1 Å². The maximum atomic E-state index is 13.6. The van der Waals surface area contributed by atoms with Gasteiger partial charge in [-0.15, -0.1) is 0 Å². The molecule has 0 aromatic heterocycles. The summed E-state index contributed by atoms with van der Waals surface area (Å²) in [4.78, 5) is 24.3. The maximum Gasteiger partial charge on any atom is 0.342 e. The van der Waals surface area contributed by atoms with Crippen LogP contribution >= 0.6 is 0 Å². The van der Waals surface area contributed by atoms with E-state index in [0.29, 0.717) is 5.75 Å². The fourth-order valence-corrected chi connectivity index (χ4v) is 2.10. The van der Waals surface area contributed by atoms with Crippen molar-refractivity contribution in [2.24, 2.45) is 0 Å². The summed E-state index contributed by atoms with van der Waals surface area (Å²) in [5.74, 6) is -3.19. The first-order valence-electron chi connectivity index (χ1n) is 7.44. The molecule has 1 atom stereocenters. The first-order chi connectivity index (χ1) is 11.8. The number of halogens is 2. The highest BCUT2D eigenvalue weighted by atomic mass is 19.1. The molecule has 5 nitrogen and oxygen atoms in total.